The highest BCUT2D eigenvalue weighted by atomic mass is 35.5. The van der Waals surface area contributed by atoms with E-state index >= 15 is 0 Å². The first kappa shape index (κ1) is 14.7. The molecule has 0 fully saturated rings. The standard InChI is InChI=1S/C16H16ClN3O2/c1-9-7-13(17)18-16-14(9)19-15(20(16)2)10-5-6-11(21-3)12(8-10)22-4/h5-8H,1-4H3. The number of aryl methyl sites for hydroxylation is 2. The van der Waals surface area contributed by atoms with E-state index < -0.39 is 0 Å². The average Bonchev–Trinajstić information content (AvgIpc) is 2.84. The summed E-state index contributed by atoms with van der Waals surface area (Å²) in [7, 11) is 5.15. The van der Waals surface area contributed by atoms with Crippen molar-refractivity contribution in [1.82, 2.24) is 14.5 Å². The number of hydrogen-bond donors (Lipinski definition) is 0. The molecule has 0 amide bonds. The summed E-state index contributed by atoms with van der Waals surface area (Å²) in [6.45, 7) is 1.97. The number of rotatable bonds is 3. The molecule has 0 radical (unpaired) electrons. The number of imidazole rings is 1. The molecule has 0 atom stereocenters. The van der Waals surface area contributed by atoms with E-state index in [1.165, 1.54) is 0 Å². The van der Waals surface area contributed by atoms with Crippen molar-refractivity contribution in [2.24, 2.45) is 7.05 Å². The Morgan fingerprint density at radius 3 is 2.45 bits per heavy atom. The van der Waals surface area contributed by atoms with Crippen molar-refractivity contribution in [2.45, 2.75) is 6.92 Å². The minimum Gasteiger partial charge on any atom is -0.493 e. The van der Waals surface area contributed by atoms with E-state index in [4.69, 9.17) is 26.1 Å². The second-order valence-electron chi connectivity index (χ2n) is 5.00. The van der Waals surface area contributed by atoms with Crippen molar-refractivity contribution in [2.75, 3.05) is 14.2 Å². The Morgan fingerprint density at radius 1 is 1.05 bits per heavy atom. The van der Waals surface area contributed by atoms with E-state index in [-0.39, 0.29) is 0 Å². The molecule has 1 aromatic carbocycles. The highest BCUT2D eigenvalue weighted by Crippen LogP contribution is 2.33. The molecule has 0 aliphatic heterocycles. The molecule has 6 heteroatoms. The summed E-state index contributed by atoms with van der Waals surface area (Å²) >= 11 is 6.05. The Bertz CT molecular complexity index is 858. The quantitative estimate of drug-likeness (QED) is 0.692. The van der Waals surface area contributed by atoms with E-state index in [1.54, 1.807) is 14.2 Å². The summed E-state index contributed by atoms with van der Waals surface area (Å²) in [5.74, 6) is 2.14. The molecular formula is C16H16ClN3O2. The highest BCUT2D eigenvalue weighted by molar-refractivity contribution is 6.29. The average molecular weight is 318 g/mol. The summed E-state index contributed by atoms with van der Waals surface area (Å²) in [5.41, 5.74) is 3.53. The number of methoxy groups -OCH3 is 2. The highest BCUT2D eigenvalue weighted by Gasteiger charge is 2.15. The van der Waals surface area contributed by atoms with Gasteiger partial charge in [0.1, 0.15) is 16.5 Å². The number of pyridine rings is 1. The largest absolute Gasteiger partial charge is 0.493 e. The second-order valence-corrected chi connectivity index (χ2v) is 5.39. The lowest BCUT2D eigenvalue weighted by Gasteiger charge is -2.09. The Kier molecular flexibility index (Phi) is 3.66. The summed E-state index contributed by atoms with van der Waals surface area (Å²) in [6.07, 6.45) is 0. The maximum Gasteiger partial charge on any atom is 0.162 e. The van der Waals surface area contributed by atoms with Crippen LogP contribution in [0.25, 0.3) is 22.6 Å². The molecule has 5 nitrogen and oxygen atoms in total. The number of aromatic nitrogens is 3. The maximum atomic E-state index is 6.05. The van der Waals surface area contributed by atoms with E-state index in [0.717, 1.165) is 28.1 Å². The lowest BCUT2D eigenvalue weighted by Crippen LogP contribution is -1.96. The molecule has 3 rings (SSSR count). The van der Waals surface area contributed by atoms with Crippen molar-refractivity contribution in [1.29, 1.82) is 0 Å². The number of benzene rings is 1. The molecule has 0 aliphatic rings. The van der Waals surface area contributed by atoms with Gasteiger partial charge in [-0.2, -0.15) is 0 Å². The van der Waals surface area contributed by atoms with Gasteiger partial charge >= 0.3 is 0 Å². The third-order valence-corrected chi connectivity index (χ3v) is 3.82. The normalized spacial score (nSPS) is 11.0. The molecule has 2 heterocycles. The van der Waals surface area contributed by atoms with Gasteiger partial charge in [-0.05, 0) is 36.8 Å². The lowest BCUT2D eigenvalue weighted by molar-refractivity contribution is 0.355. The van der Waals surface area contributed by atoms with E-state index in [1.807, 2.05) is 42.8 Å². The van der Waals surface area contributed by atoms with Crippen LogP contribution in [0.1, 0.15) is 5.56 Å². The molecule has 0 N–H and O–H groups in total. The van der Waals surface area contributed by atoms with Crippen LogP contribution in [-0.2, 0) is 7.05 Å². The van der Waals surface area contributed by atoms with Crippen LogP contribution in [0.3, 0.4) is 0 Å². The van der Waals surface area contributed by atoms with Crippen molar-refractivity contribution >= 4 is 22.8 Å². The van der Waals surface area contributed by atoms with Crippen molar-refractivity contribution < 1.29 is 9.47 Å². The van der Waals surface area contributed by atoms with Crippen LogP contribution >= 0.6 is 11.6 Å². The maximum absolute atomic E-state index is 6.05. The van der Waals surface area contributed by atoms with Crippen molar-refractivity contribution in [3.8, 4) is 22.9 Å². The van der Waals surface area contributed by atoms with Gasteiger partial charge < -0.3 is 14.0 Å². The van der Waals surface area contributed by atoms with Crippen molar-refractivity contribution in [3.05, 3.63) is 35.0 Å². The minimum atomic E-state index is 0.465. The number of hydrogen-bond acceptors (Lipinski definition) is 4. The summed E-state index contributed by atoms with van der Waals surface area (Å²) in [4.78, 5) is 9.07. The topological polar surface area (TPSA) is 49.2 Å². The predicted molar refractivity (Wildman–Crippen MR) is 86.8 cm³/mol. The Balaban J connectivity index is 2.22. The third-order valence-electron chi connectivity index (χ3n) is 3.63. The second kappa shape index (κ2) is 5.50. The first-order chi connectivity index (χ1) is 10.5. The first-order valence-corrected chi connectivity index (χ1v) is 7.15. The van der Waals surface area contributed by atoms with E-state index in [0.29, 0.717) is 16.7 Å². The monoisotopic (exact) mass is 317 g/mol. The fourth-order valence-electron chi connectivity index (χ4n) is 2.50. The summed E-state index contributed by atoms with van der Waals surface area (Å²) in [6, 6.07) is 7.52. The van der Waals surface area contributed by atoms with Crippen molar-refractivity contribution in [3.63, 3.8) is 0 Å². The third kappa shape index (κ3) is 2.27. The molecule has 0 bridgehead atoms. The zero-order valence-electron chi connectivity index (χ0n) is 12.8. The number of ether oxygens (including phenoxy) is 2. The van der Waals surface area contributed by atoms with Crippen LogP contribution in [-0.4, -0.2) is 28.8 Å². The Morgan fingerprint density at radius 2 is 1.77 bits per heavy atom. The zero-order chi connectivity index (χ0) is 15.9. The van der Waals surface area contributed by atoms with Crippen LogP contribution in [0.4, 0.5) is 0 Å². The van der Waals surface area contributed by atoms with E-state index in [2.05, 4.69) is 4.98 Å². The number of halogens is 1. The fourth-order valence-corrected chi connectivity index (χ4v) is 2.74. The predicted octanol–water partition coefficient (Wildman–Crippen LogP) is 3.61. The van der Waals surface area contributed by atoms with Gasteiger partial charge in [0.05, 0.1) is 14.2 Å². The van der Waals surface area contributed by atoms with Gasteiger partial charge in [0.25, 0.3) is 0 Å². The summed E-state index contributed by atoms with van der Waals surface area (Å²) < 4.78 is 12.6. The molecule has 2 aromatic heterocycles. The molecule has 114 valence electrons. The fraction of sp³-hybridized carbons (Fsp3) is 0.250. The molecule has 0 saturated carbocycles. The van der Waals surface area contributed by atoms with Gasteiger partial charge in [0.2, 0.25) is 0 Å². The molecular weight excluding hydrogens is 302 g/mol. The van der Waals surface area contributed by atoms with Crippen LogP contribution in [0.5, 0.6) is 11.5 Å². The Hall–Kier alpha value is -2.27. The van der Waals surface area contributed by atoms with Gasteiger partial charge in [0.15, 0.2) is 17.1 Å². The molecule has 0 spiro atoms. The van der Waals surface area contributed by atoms with Gasteiger partial charge in [-0.15, -0.1) is 0 Å². The lowest BCUT2D eigenvalue weighted by atomic mass is 10.2. The molecule has 0 saturated heterocycles. The van der Waals surface area contributed by atoms with Crippen LogP contribution < -0.4 is 9.47 Å². The van der Waals surface area contributed by atoms with Gasteiger partial charge in [-0.25, -0.2) is 9.97 Å². The first-order valence-electron chi connectivity index (χ1n) is 6.77. The van der Waals surface area contributed by atoms with Crippen LogP contribution in [0.2, 0.25) is 5.15 Å². The van der Waals surface area contributed by atoms with Crippen LogP contribution in [0.15, 0.2) is 24.3 Å². The Labute approximate surface area is 133 Å². The SMILES string of the molecule is COc1ccc(-c2nc3c(C)cc(Cl)nc3n2C)cc1OC. The zero-order valence-corrected chi connectivity index (χ0v) is 13.6. The molecule has 0 unspecified atom stereocenters. The van der Waals surface area contributed by atoms with E-state index in [9.17, 15) is 0 Å². The molecule has 0 aliphatic carbocycles. The summed E-state index contributed by atoms with van der Waals surface area (Å²) in [5, 5.41) is 0.465. The van der Waals surface area contributed by atoms with Gasteiger partial charge in [-0.1, -0.05) is 11.6 Å². The number of nitrogens with zero attached hydrogens (tertiary/aromatic N) is 3. The van der Waals surface area contributed by atoms with Gasteiger partial charge in [0, 0.05) is 12.6 Å². The smallest absolute Gasteiger partial charge is 0.162 e. The molecule has 22 heavy (non-hydrogen) atoms. The number of fused-ring (bicyclic) bond motifs is 1. The minimum absolute atomic E-state index is 0.465. The molecule has 3 aromatic rings. The van der Waals surface area contributed by atoms with Crippen LogP contribution in [0, 0.1) is 6.92 Å². The van der Waals surface area contributed by atoms with Gasteiger partial charge in [-0.3, -0.25) is 0 Å².